The van der Waals surface area contributed by atoms with Crippen LogP contribution in [0, 0.1) is 5.82 Å². The smallest absolute Gasteiger partial charge is 0.248 e. The number of benzene rings is 1. The van der Waals surface area contributed by atoms with Crippen LogP contribution in [0.2, 0.25) is 0 Å². The number of amides is 1. The molecule has 32 heavy (non-hydrogen) atoms. The molecule has 0 unspecified atom stereocenters. The Bertz CT molecular complexity index is 1170. The van der Waals surface area contributed by atoms with Crippen molar-refractivity contribution in [2.45, 2.75) is 12.5 Å². The molecule has 0 aliphatic carbocycles. The molecular weight excluding hydrogens is 413 g/mol. The fourth-order valence-electron chi connectivity index (χ4n) is 3.25. The Hall–Kier alpha value is -4.28. The van der Waals surface area contributed by atoms with E-state index in [9.17, 15) is 9.18 Å². The van der Waals surface area contributed by atoms with Crippen LogP contribution >= 0.6 is 0 Å². The highest BCUT2D eigenvalue weighted by molar-refractivity contribution is 5.96. The molecule has 10 nitrogen and oxygen atoms in total. The molecule has 0 bridgehead atoms. The van der Waals surface area contributed by atoms with Crippen molar-refractivity contribution in [3.63, 3.8) is 0 Å². The van der Waals surface area contributed by atoms with Crippen LogP contribution in [-0.2, 0) is 11.2 Å². The molecule has 0 saturated carbocycles. The third-order valence-corrected chi connectivity index (χ3v) is 5.03. The van der Waals surface area contributed by atoms with Crippen LogP contribution in [0.3, 0.4) is 0 Å². The fraction of sp³-hybridized carbons (Fsp3) is 0.190. The van der Waals surface area contributed by atoms with Crippen LogP contribution in [0.1, 0.15) is 5.56 Å². The molecule has 4 aromatic rings. The molecule has 0 radical (unpaired) electrons. The lowest BCUT2D eigenvalue weighted by Crippen LogP contribution is -2.44. The van der Waals surface area contributed by atoms with Crippen LogP contribution in [0.25, 0.3) is 11.3 Å². The average Bonchev–Trinajstić information content (AvgIpc) is 3.51. The van der Waals surface area contributed by atoms with E-state index in [2.05, 4.69) is 41.2 Å². The number of carbonyl (C=O) groups excluding carboxylic acids is 1. The highest BCUT2D eigenvalue weighted by Gasteiger charge is 2.26. The topological polar surface area (TPSA) is 128 Å². The molecule has 4 rings (SSSR count). The number of nitrogens with one attached hydrogen (secondary N) is 4. The third-order valence-electron chi connectivity index (χ3n) is 5.03. The first-order valence-corrected chi connectivity index (χ1v) is 9.87. The van der Waals surface area contributed by atoms with Gasteiger partial charge in [0, 0.05) is 38.3 Å². The Kier molecular flexibility index (Phi) is 6.06. The molecule has 1 aromatic carbocycles. The van der Waals surface area contributed by atoms with E-state index >= 15 is 0 Å². The van der Waals surface area contributed by atoms with E-state index in [4.69, 9.17) is 0 Å². The summed E-state index contributed by atoms with van der Waals surface area (Å²) >= 11 is 0. The van der Waals surface area contributed by atoms with Gasteiger partial charge in [-0.1, -0.05) is 17.3 Å². The molecule has 0 aliphatic rings. The van der Waals surface area contributed by atoms with E-state index in [0.29, 0.717) is 29.6 Å². The zero-order valence-corrected chi connectivity index (χ0v) is 17.5. The van der Waals surface area contributed by atoms with Gasteiger partial charge in [-0.05, 0) is 29.8 Å². The summed E-state index contributed by atoms with van der Waals surface area (Å²) in [7, 11) is 3.54. The number of nitrogens with zero attached hydrogens (tertiary/aromatic N) is 5. The number of halogens is 1. The second-order valence-corrected chi connectivity index (χ2v) is 7.12. The molecule has 0 aliphatic heterocycles. The van der Waals surface area contributed by atoms with Gasteiger partial charge in [0.25, 0.3) is 0 Å². The van der Waals surface area contributed by atoms with Gasteiger partial charge in [0.1, 0.15) is 23.5 Å². The lowest BCUT2D eigenvalue weighted by molar-refractivity contribution is -0.117. The maximum absolute atomic E-state index is 13.3. The minimum Gasteiger partial charge on any atom is -0.373 e. The number of anilines is 3. The number of H-pyrrole nitrogens is 2. The van der Waals surface area contributed by atoms with Gasteiger partial charge in [-0.2, -0.15) is 5.10 Å². The summed E-state index contributed by atoms with van der Waals surface area (Å²) < 4.78 is 13.3. The Morgan fingerprint density at radius 1 is 1.22 bits per heavy atom. The summed E-state index contributed by atoms with van der Waals surface area (Å²) in [5.41, 5.74) is 2.33. The van der Waals surface area contributed by atoms with E-state index < -0.39 is 6.04 Å². The first-order chi connectivity index (χ1) is 15.5. The standard InChI is InChI=1S/C21H22FN9O/c1-23-18-10-14(7-8-24-18)16-11-19(28-27-16)26-21(32)17(31(2)20-12-25-30-29-20)9-13-3-5-15(22)6-4-13/h3-8,10-12,17H,9H2,1-2H3,(H,23,24)(H,25,29,30)(H2,26,27,28,32)/t17-/m0/s1. The van der Waals surface area contributed by atoms with E-state index in [0.717, 1.165) is 11.1 Å². The van der Waals surface area contributed by atoms with E-state index in [1.165, 1.54) is 12.1 Å². The molecule has 1 atom stereocenters. The zero-order valence-electron chi connectivity index (χ0n) is 17.5. The van der Waals surface area contributed by atoms with Crippen molar-refractivity contribution in [1.29, 1.82) is 0 Å². The predicted molar refractivity (Wildman–Crippen MR) is 119 cm³/mol. The fourth-order valence-corrected chi connectivity index (χ4v) is 3.25. The Labute approximate surface area is 183 Å². The second-order valence-electron chi connectivity index (χ2n) is 7.12. The average molecular weight is 435 g/mol. The number of likely N-dealkylation sites (N-methyl/N-ethyl adjacent to an activating group) is 1. The third kappa shape index (κ3) is 4.72. The van der Waals surface area contributed by atoms with Crippen LogP contribution in [0.4, 0.5) is 21.8 Å². The van der Waals surface area contributed by atoms with Crippen molar-refractivity contribution in [2.24, 2.45) is 0 Å². The Morgan fingerprint density at radius 2 is 2.03 bits per heavy atom. The largest absolute Gasteiger partial charge is 0.373 e. The second kappa shape index (κ2) is 9.25. The van der Waals surface area contributed by atoms with Gasteiger partial charge in [-0.3, -0.25) is 15.0 Å². The molecular formula is C21H22FN9O. The summed E-state index contributed by atoms with van der Waals surface area (Å²) in [5.74, 6) is 1.06. The molecule has 4 N–H and O–H groups in total. The molecule has 1 amide bonds. The van der Waals surface area contributed by atoms with Gasteiger partial charge in [0.2, 0.25) is 5.91 Å². The van der Waals surface area contributed by atoms with Gasteiger partial charge >= 0.3 is 0 Å². The van der Waals surface area contributed by atoms with Gasteiger partial charge in [-0.15, -0.1) is 5.10 Å². The number of hydrogen-bond donors (Lipinski definition) is 4. The van der Waals surface area contributed by atoms with Crippen molar-refractivity contribution in [3.05, 3.63) is 66.2 Å². The van der Waals surface area contributed by atoms with Crippen molar-refractivity contribution in [1.82, 2.24) is 30.6 Å². The minimum atomic E-state index is -0.630. The van der Waals surface area contributed by atoms with Crippen LogP contribution in [-0.4, -0.2) is 56.6 Å². The summed E-state index contributed by atoms with van der Waals surface area (Å²) in [6.07, 6.45) is 3.62. The van der Waals surface area contributed by atoms with Crippen LogP contribution in [0.5, 0.6) is 0 Å². The lowest BCUT2D eigenvalue weighted by Gasteiger charge is -2.26. The van der Waals surface area contributed by atoms with E-state index in [1.54, 1.807) is 49.6 Å². The molecule has 164 valence electrons. The molecule has 3 aromatic heterocycles. The zero-order chi connectivity index (χ0) is 22.5. The van der Waals surface area contributed by atoms with Gasteiger partial charge in [0.05, 0.1) is 11.9 Å². The first kappa shape index (κ1) is 21.0. The Balaban J connectivity index is 1.54. The molecule has 0 spiro atoms. The number of pyridine rings is 1. The number of carbonyl (C=O) groups is 1. The number of hydrogen-bond acceptors (Lipinski definition) is 7. The highest BCUT2D eigenvalue weighted by Crippen LogP contribution is 2.22. The maximum atomic E-state index is 13.3. The monoisotopic (exact) mass is 435 g/mol. The molecule has 0 fully saturated rings. The van der Waals surface area contributed by atoms with Gasteiger partial charge in [0.15, 0.2) is 5.82 Å². The van der Waals surface area contributed by atoms with Gasteiger partial charge < -0.3 is 15.5 Å². The maximum Gasteiger partial charge on any atom is 0.248 e. The van der Waals surface area contributed by atoms with Crippen LogP contribution in [0.15, 0.2) is 54.9 Å². The summed E-state index contributed by atoms with van der Waals surface area (Å²) in [6.45, 7) is 0. The van der Waals surface area contributed by atoms with Crippen molar-refractivity contribution in [2.75, 3.05) is 29.6 Å². The highest BCUT2D eigenvalue weighted by atomic mass is 19.1. The lowest BCUT2D eigenvalue weighted by atomic mass is 10.0. The number of aromatic nitrogens is 6. The number of rotatable bonds is 8. The quantitative estimate of drug-likeness (QED) is 0.335. The summed E-state index contributed by atoms with van der Waals surface area (Å²) in [5, 5.41) is 23.3. The van der Waals surface area contributed by atoms with E-state index in [-0.39, 0.29) is 11.7 Å². The number of aromatic amines is 2. The molecule has 3 heterocycles. The van der Waals surface area contributed by atoms with Crippen LogP contribution < -0.4 is 15.5 Å². The van der Waals surface area contributed by atoms with E-state index in [1.807, 2.05) is 12.1 Å². The SMILES string of the molecule is CNc1cc(-c2cc(NC(=O)[C@H](Cc3ccc(F)cc3)N(C)c3c[nH]nn3)[nH]n2)ccn1. The van der Waals surface area contributed by atoms with Crippen molar-refractivity contribution >= 4 is 23.4 Å². The first-order valence-electron chi connectivity index (χ1n) is 9.87. The van der Waals surface area contributed by atoms with Crippen molar-refractivity contribution < 1.29 is 9.18 Å². The molecule has 0 saturated heterocycles. The molecule has 11 heteroatoms. The summed E-state index contributed by atoms with van der Waals surface area (Å²) in [4.78, 5) is 19.1. The van der Waals surface area contributed by atoms with Crippen molar-refractivity contribution in [3.8, 4) is 11.3 Å². The Morgan fingerprint density at radius 3 is 2.75 bits per heavy atom. The normalized spacial score (nSPS) is 11.7. The minimum absolute atomic E-state index is 0.277. The summed E-state index contributed by atoms with van der Waals surface area (Å²) in [6, 6.07) is 10.9. The van der Waals surface area contributed by atoms with Gasteiger partial charge in [-0.25, -0.2) is 9.37 Å². The predicted octanol–water partition coefficient (Wildman–Crippen LogP) is 2.46.